The molecule has 1 aromatic carbocycles. The monoisotopic (exact) mass is 415 g/mol. The van der Waals surface area contributed by atoms with Crippen LogP contribution in [0, 0.1) is 11.8 Å². The predicted molar refractivity (Wildman–Crippen MR) is 104 cm³/mol. The second-order valence-electron chi connectivity index (χ2n) is 8.74. The second-order valence-corrected chi connectivity index (χ2v) is 9.18. The molecular formula is C21H22ClN3O4. The Balaban J connectivity index is 1.48. The maximum absolute atomic E-state index is 13.6. The predicted octanol–water partition coefficient (Wildman–Crippen LogP) is 1.75. The molecule has 152 valence electrons. The van der Waals surface area contributed by atoms with Crippen molar-refractivity contribution < 1.29 is 19.1 Å². The van der Waals surface area contributed by atoms with Gasteiger partial charge in [-0.1, -0.05) is 11.6 Å². The van der Waals surface area contributed by atoms with Gasteiger partial charge in [-0.3, -0.25) is 24.2 Å². The summed E-state index contributed by atoms with van der Waals surface area (Å²) in [6, 6.07) is 5.21. The van der Waals surface area contributed by atoms with Gasteiger partial charge in [0, 0.05) is 28.9 Å². The van der Waals surface area contributed by atoms with Gasteiger partial charge in [0.25, 0.3) is 0 Å². The van der Waals surface area contributed by atoms with E-state index in [1.54, 1.807) is 18.2 Å². The Morgan fingerprint density at radius 3 is 2.83 bits per heavy atom. The van der Waals surface area contributed by atoms with Gasteiger partial charge < -0.3 is 10.1 Å². The lowest BCUT2D eigenvalue weighted by Crippen LogP contribution is -2.54. The van der Waals surface area contributed by atoms with E-state index in [0.29, 0.717) is 23.9 Å². The van der Waals surface area contributed by atoms with E-state index in [2.05, 4.69) is 10.2 Å². The number of halogens is 1. The number of likely N-dealkylation sites (tertiary alicyclic amines) is 1. The van der Waals surface area contributed by atoms with E-state index >= 15 is 0 Å². The van der Waals surface area contributed by atoms with Crippen LogP contribution >= 0.6 is 11.6 Å². The van der Waals surface area contributed by atoms with Gasteiger partial charge in [-0.2, -0.15) is 0 Å². The molecule has 5 atom stereocenters. The van der Waals surface area contributed by atoms with Crippen molar-refractivity contribution in [1.82, 2.24) is 9.80 Å². The van der Waals surface area contributed by atoms with Gasteiger partial charge in [0.1, 0.15) is 5.54 Å². The van der Waals surface area contributed by atoms with Crippen molar-refractivity contribution in [3.8, 4) is 0 Å². The first-order valence-corrected chi connectivity index (χ1v) is 10.8. The van der Waals surface area contributed by atoms with E-state index in [-0.39, 0.29) is 36.4 Å². The molecular weight excluding hydrogens is 394 g/mol. The van der Waals surface area contributed by atoms with E-state index in [1.165, 1.54) is 4.90 Å². The molecule has 1 aromatic rings. The number of hydrogen-bond donors (Lipinski definition) is 1. The summed E-state index contributed by atoms with van der Waals surface area (Å²) in [5.41, 5.74) is 0.266. The van der Waals surface area contributed by atoms with Crippen LogP contribution < -0.4 is 5.32 Å². The zero-order valence-corrected chi connectivity index (χ0v) is 16.7. The van der Waals surface area contributed by atoms with Crippen LogP contribution in [0.2, 0.25) is 5.02 Å². The number of amides is 3. The Hall–Kier alpha value is -1.96. The fraction of sp³-hybridized carbons (Fsp3) is 0.571. The molecule has 29 heavy (non-hydrogen) atoms. The number of benzene rings is 1. The lowest BCUT2D eigenvalue weighted by molar-refractivity contribution is -0.147. The molecule has 0 aliphatic carbocycles. The Morgan fingerprint density at radius 1 is 1.17 bits per heavy atom. The largest absolute Gasteiger partial charge is 0.376 e. The van der Waals surface area contributed by atoms with Crippen molar-refractivity contribution in [2.24, 2.45) is 11.8 Å². The van der Waals surface area contributed by atoms with Gasteiger partial charge in [-0.25, -0.2) is 0 Å². The summed E-state index contributed by atoms with van der Waals surface area (Å²) in [5.74, 6) is -1.79. The highest BCUT2D eigenvalue weighted by molar-refractivity contribution is 6.31. The number of fused-ring (bicyclic) bond motifs is 7. The highest BCUT2D eigenvalue weighted by atomic mass is 35.5. The van der Waals surface area contributed by atoms with Crippen molar-refractivity contribution >= 4 is 35.0 Å². The number of anilines is 1. The highest BCUT2D eigenvalue weighted by Crippen LogP contribution is 2.60. The van der Waals surface area contributed by atoms with E-state index in [0.717, 1.165) is 31.2 Å². The molecule has 5 aliphatic rings. The lowest BCUT2D eigenvalue weighted by atomic mass is 9.75. The zero-order chi connectivity index (χ0) is 19.9. The molecule has 1 N–H and O–H groups in total. The van der Waals surface area contributed by atoms with Crippen LogP contribution in [-0.2, 0) is 24.7 Å². The summed E-state index contributed by atoms with van der Waals surface area (Å²) in [4.78, 5) is 44.0. The van der Waals surface area contributed by atoms with Gasteiger partial charge in [0.2, 0.25) is 17.7 Å². The Labute approximate surface area is 173 Å². The second kappa shape index (κ2) is 6.03. The van der Waals surface area contributed by atoms with E-state index in [9.17, 15) is 14.4 Å². The summed E-state index contributed by atoms with van der Waals surface area (Å²) < 4.78 is 5.68. The van der Waals surface area contributed by atoms with Crippen molar-refractivity contribution in [3.63, 3.8) is 0 Å². The number of hydrogen-bond acceptors (Lipinski definition) is 5. The molecule has 4 fully saturated rings. The molecule has 0 unspecified atom stereocenters. The van der Waals surface area contributed by atoms with Gasteiger partial charge in [0.05, 0.1) is 24.5 Å². The summed E-state index contributed by atoms with van der Waals surface area (Å²) in [6.07, 6.45) is 3.43. The lowest BCUT2D eigenvalue weighted by Gasteiger charge is -2.36. The molecule has 8 heteroatoms. The van der Waals surface area contributed by atoms with Crippen LogP contribution in [0.5, 0.6) is 0 Å². The summed E-state index contributed by atoms with van der Waals surface area (Å²) in [7, 11) is 0. The minimum Gasteiger partial charge on any atom is -0.376 e. The number of nitrogens with one attached hydrogen (secondary N) is 1. The summed E-state index contributed by atoms with van der Waals surface area (Å²) >= 11 is 6.29. The molecule has 5 heterocycles. The van der Waals surface area contributed by atoms with Gasteiger partial charge in [-0.05, 0) is 50.4 Å². The van der Waals surface area contributed by atoms with Gasteiger partial charge in [0.15, 0.2) is 0 Å². The van der Waals surface area contributed by atoms with Crippen molar-refractivity contribution in [2.75, 3.05) is 25.0 Å². The number of nitrogens with zero attached hydrogens (tertiary/aromatic N) is 2. The fourth-order valence-corrected chi connectivity index (χ4v) is 6.58. The molecule has 4 saturated heterocycles. The molecule has 0 bridgehead atoms. The minimum atomic E-state index is -1.15. The quantitative estimate of drug-likeness (QED) is 0.744. The normalized spacial score (nSPS) is 38.1. The third kappa shape index (κ3) is 2.13. The number of imide groups is 1. The molecule has 0 saturated carbocycles. The van der Waals surface area contributed by atoms with Crippen molar-refractivity contribution in [1.29, 1.82) is 0 Å². The van der Waals surface area contributed by atoms with Crippen molar-refractivity contribution in [3.05, 3.63) is 28.8 Å². The van der Waals surface area contributed by atoms with Crippen LogP contribution in [0.25, 0.3) is 0 Å². The minimum absolute atomic E-state index is 0.0957. The maximum Gasteiger partial charge on any atom is 0.250 e. The average Bonchev–Trinajstić information content (AvgIpc) is 3.47. The molecule has 5 aliphatic heterocycles. The number of rotatable bonds is 2. The smallest absolute Gasteiger partial charge is 0.250 e. The van der Waals surface area contributed by atoms with E-state index in [4.69, 9.17) is 16.3 Å². The maximum atomic E-state index is 13.6. The molecule has 7 nitrogen and oxygen atoms in total. The van der Waals surface area contributed by atoms with Gasteiger partial charge >= 0.3 is 0 Å². The first-order valence-electron chi connectivity index (χ1n) is 10.4. The van der Waals surface area contributed by atoms with E-state index in [1.807, 2.05) is 0 Å². The molecule has 3 amide bonds. The van der Waals surface area contributed by atoms with Crippen LogP contribution in [-0.4, -0.2) is 59.4 Å². The first-order chi connectivity index (χ1) is 14.0. The molecule has 6 rings (SSSR count). The molecule has 0 aromatic heterocycles. The number of carbonyl (C=O) groups is 3. The van der Waals surface area contributed by atoms with Crippen LogP contribution in [0.3, 0.4) is 0 Å². The molecule has 0 radical (unpaired) electrons. The molecule has 1 spiro atoms. The average molecular weight is 416 g/mol. The Kier molecular flexibility index (Phi) is 3.71. The summed E-state index contributed by atoms with van der Waals surface area (Å²) in [5, 5.41) is 3.48. The number of carbonyl (C=O) groups excluding carboxylic acids is 3. The summed E-state index contributed by atoms with van der Waals surface area (Å²) in [6.45, 7) is 1.66. The third-order valence-electron chi connectivity index (χ3n) is 7.46. The third-order valence-corrected chi connectivity index (χ3v) is 7.69. The fourth-order valence-electron chi connectivity index (χ4n) is 6.41. The Bertz CT molecular complexity index is 946. The van der Waals surface area contributed by atoms with Crippen LogP contribution in [0.1, 0.15) is 31.2 Å². The SMILES string of the molecule is O=C1[C@H]2[C@@H](C(=O)N1C[C@H]1CCCO1)[C@@]1(C(=O)Nc3ccc(Cl)cc31)N1CCC[C@@H]21. The van der Waals surface area contributed by atoms with Crippen molar-refractivity contribution in [2.45, 2.75) is 43.4 Å². The van der Waals surface area contributed by atoms with Crippen LogP contribution in [0.15, 0.2) is 18.2 Å². The number of ether oxygens (including phenoxy) is 1. The zero-order valence-electron chi connectivity index (χ0n) is 15.9. The van der Waals surface area contributed by atoms with Crippen LogP contribution in [0.4, 0.5) is 5.69 Å². The first kappa shape index (κ1) is 17.9. The standard InChI is InChI=1S/C21H22ClN3O4/c22-11-5-6-14-13(9-11)21(20(28)23-14)17-16(15-4-1-7-25(15)21)18(26)24(19(17)27)10-12-3-2-8-29-12/h5-6,9,12,15-17H,1-4,7-8,10H2,(H,23,28)/t12-,15+,16-,17+,21+/m1/s1. The highest BCUT2D eigenvalue weighted by Gasteiger charge is 2.74. The Morgan fingerprint density at radius 2 is 2.03 bits per heavy atom. The van der Waals surface area contributed by atoms with Gasteiger partial charge in [-0.15, -0.1) is 0 Å². The topological polar surface area (TPSA) is 78.9 Å². The van der Waals surface area contributed by atoms with E-state index < -0.39 is 17.4 Å².